The zero-order valence-electron chi connectivity index (χ0n) is 14.7. The van der Waals surface area contributed by atoms with E-state index in [2.05, 4.69) is 39.2 Å². The Morgan fingerprint density at radius 1 is 1.19 bits per heavy atom. The van der Waals surface area contributed by atoms with Gasteiger partial charge in [-0.3, -0.25) is 0 Å². The third-order valence-electron chi connectivity index (χ3n) is 5.11. The summed E-state index contributed by atoms with van der Waals surface area (Å²) in [5.74, 6) is 0.617. The van der Waals surface area contributed by atoms with Gasteiger partial charge in [0.15, 0.2) is 0 Å². The van der Waals surface area contributed by atoms with E-state index in [0.717, 1.165) is 53.1 Å². The largest absolute Gasteiger partial charge is 0.356 e. The summed E-state index contributed by atoms with van der Waals surface area (Å²) in [7, 11) is 4.24. The van der Waals surface area contributed by atoms with E-state index in [-0.39, 0.29) is 11.1 Å². The molecule has 0 radical (unpaired) electrons. The number of hydrogen-bond acceptors (Lipinski definition) is 5. The maximum Gasteiger partial charge on any atom is 0.225 e. The molecule has 0 saturated carbocycles. The van der Waals surface area contributed by atoms with E-state index in [1.165, 1.54) is 12.1 Å². The molecule has 0 N–H and O–H groups in total. The van der Waals surface area contributed by atoms with Crippen LogP contribution < -0.4 is 4.90 Å². The molecule has 1 saturated heterocycles. The van der Waals surface area contributed by atoms with Gasteiger partial charge < -0.3 is 9.80 Å². The summed E-state index contributed by atoms with van der Waals surface area (Å²) < 4.78 is 13.3. The number of rotatable bonds is 3. The maximum absolute atomic E-state index is 13.3. The highest BCUT2D eigenvalue weighted by molar-refractivity contribution is 7.17. The van der Waals surface area contributed by atoms with Gasteiger partial charge >= 0.3 is 0 Å². The van der Waals surface area contributed by atoms with Crippen LogP contribution in [0.4, 0.5) is 10.2 Å². The van der Waals surface area contributed by atoms with Crippen molar-refractivity contribution in [3.8, 4) is 11.1 Å². The van der Waals surface area contributed by atoms with Crippen molar-refractivity contribution >= 4 is 39.0 Å². The van der Waals surface area contributed by atoms with Gasteiger partial charge in [0.1, 0.15) is 16.5 Å². The molecule has 4 nitrogen and oxygen atoms in total. The van der Waals surface area contributed by atoms with Crippen LogP contribution in [0.15, 0.2) is 29.6 Å². The first kappa shape index (κ1) is 17.6. The Kier molecular flexibility index (Phi) is 4.82. The van der Waals surface area contributed by atoms with Crippen LogP contribution >= 0.6 is 22.9 Å². The van der Waals surface area contributed by atoms with Crippen molar-refractivity contribution in [2.24, 2.45) is 0 Å². The average molecular weight is 391 g/mol. The van der Waals surface area contributed by atoms with Gasteiger partial charge in [0.25, 0.3) is 0 Å². The van der Waals surface area contributed by atoms with Crippen LogP contribution in [-0.2, 0) is 0 Å². The highest BCUT2D eigenvalue weighted by atomic mass is 35.5. The summed E-state index contributed by atoms with van der Waals surface area (Å²) in [4.78, 5) is 14.4. The monoisotopic (exact) mass is 390 g/mol. The van der Waals surface area contributed by atoms with Crippen LogP contribution in [0.5, 0.6) is 0 Å². The highest BCUT2D eigenvalue weighted by Gasteiger charge is 2.25. The van der Waals surface area contributed by atoms with Gasteiger partial charge in [0, 0.05) is 24.0 Å². The van der Waals surface area contributed by atoms with Gasteiger partial charge in [0.05, 0.1) is 5.39 Å². The number of aromatic nitrogens is 2. The molecule has 0 atom stereocenters. The molecule has 3 heterocycles. The van der Waals surface area contributed by atoms with Crippen molar-refractivity contribution in [2.45, 2.75) is 18.9 Å². The number of anilines is 1. The molecular weight excluding hydrogens is 371 g/mol. The molecule has 0 spiro atoms. The minimum Gasteiger partial charge on any atom is -0.356 e. The van der Waals surface area contributed by atoms with E-state index >= 15 is 0 Å². The van der Waals surface area contributed by atoms with Gasteiger partial charge in [-0.2, -0.15) is 4.98 Å². The molecule has 3 aromatic rings. The Balaban J connectivity index is 1.80. The topological polar surface area (TPSA) is 32.3 Å². The zero-order chi connectivity index (χ0) is 18.3. The number of fused-ring (bicyclic) bond motifs is 1. The molecule has 0 amide bonds. The number of nitrogens with zero attached hydrogens (tertiary/aromatic N) is 4. The average Bonchev–Trinajstić information content (AvgIpc) is 3.05. The predicted octanol–water partition coefficient (Wildman–Crippen LogP) is 4.68. The fourth-order valence-electron chi connectivity index (χ4n) is 3.55. The van der Waals surface area contributed by atoms with E-state index < -0.39 is 0 Å². The summed E-state index contributed by atoms with van der Waals surface area (Å²) in [6.45, 7) is 2.15. The minimum absolute atomic E-state index is 0.240. The van der Waals surface area contributed by atoms with E-state index in [4.69, 9.17) is 11.6 Å². The second-order valence-corrected chi connectivity index (χ2v) is 7.99. The molecule has 1 aliphatic rings. The lowest BCUT2D eigenvalue weighted by Crippen LogP contribution is -2.42. The molecule has 2 aromatic heterocycles. The molecule has 1 fully saturated rings. The number of halogens is 2. The molecule has 0 bridgehead atoms. The summed E-state index contributed by atoms with van der Waals surface area (Å²) in [6.07, 6.45) is 2.18. The van der Waals surface area contributed by atoms with Crippen molar-refractivity contribution < 1.29 is 4.39 Å². The molecular formula is C19H20ClFN4S. The highest BCUT2D eigenvalue weighted by Crippen LogP contribution is 2.39. The smallest absolute Gasteiger partial charge is 0.225 e. The Morgan fingerprint density at radius 3 is 2.58 bits per heavy atom. The number of benzene rings is 1. The Labute approximate surface area is 161 Å². The van der Waals surface area contributed by atoms with Crippen molar-refractivity contribution in [1.29, 1.82) is 0 Å². The van der Waals surface area contributed by atoms with Crippen LogP contribution in [0.25, 0.3) is 21.3 Å². The van der Waals surface area contributed by atoms with Gasteiger partial charge in [0.2, 0.25) is 5.28 Å². The zero-order valence-corrected chi connectivity index (χ0v) is 16.3. The quantitative estimate of drug-likeness (QED) is 0.608. The van der Waals surface area contributed by atoms with Gasteiger partial charge in [-0.05, 0) is 62.3 Å². The normalized spacial score (nSPS) is 16.3. The van der Waals surface area contributed by atoms with Gasteiger partial charge in [-0.25, -0.2) is 9.37 Å². The van der Waals surface area contributed by atoms with E-state index in [0.29, 0.717) is 6.04 Å². The summed E-state index contributed by atoms with van der Waals surface area (Å²) in [6, 6.07) is 6.97. The van der Waals surface area contributed by atoms with Crippen LogP contribution in [0.3, 0.4) is 0 Å². The maximum atomic E-state index is 13.3. The standard InChI is InChI=1S/C19H20ClFN4S/c1-24-9-7-14(8-10-24)25(2)17-16-15(12-3-5-13(21)6-4-12)11-26-18(16)23-19(20)22-17/h3-6,11,14H,7-10H2,1-2H3. The third-order valence-corrected chi connectivity index (χ3v) is 6.15. The van der Waals surface area contributed by atoms with Crippen molar-refractivity contribution in [3.63, 3.8) is 0 Å². The molecule has 1 aliphatic heterocycles. The lowest BCUT2D eigenvalue weighted by atomic mass is 10.0. The minimum atomic E-state index is -0.240. The second kappa shape index (κ2) is 7.10. The third kappa shape index (κ3) is 3.29. The Morgan fingerprint density at radius 2 is 1.88 bits per heavy atom. The molecule has 4 rings (SSSR count). The SMILES string of the molecule is CN1CCC(N(C)c2nc(Cl)nc3scc(-c4ccc(F)cc4)c23)CC1. The van der Waals surface area contributed by atoms with Crippen LogP contribution in [0, 0.1) is 5.82 Å². The van der Waals surface area contributed by atoms with Crippen molar-refractivity contribution in [1.82, 2.24) is 14.9 Å². The predicted molar refractivity (Wildman–Crippen MR) is 107 cm³/mol. The Hall–Kier alpha value is -1.76. The number of thiophene rings is 1. The lowest BCUT2D eigenvalue weighted by molar-refractivity contribution is 0.252. The van der Waals surface area contributed by atoms with E-state index in [1.807, 2.05) is 0 Å². The molecule has 0 unspecified atom stereocenters. The van der Waals surface area contributed by atoms with Gasteiger partial charge in [-0.1, -0.05) is 12.1 Å². The molecule has 7 heteroatoms. The second-order valence-electron chi connectivity index (χ2n) is 6.80. The first-order valence-electron chi connectivity index (χ1n) is 8.65. The summed E-state index contributed by atoms with van der Waals surface area (Å²) in [5, 5.41) is 3.31. The number of hydrogen-bond donors (Lipinski definition) is 0. The molecule has 1 aromatic carbocycles. The lowest BCUT2D eigenvalue weighted by Gasteiger charge is -2.36. The van der Waals surface area contributed by atoms with Crippen molar-refractivity contribution in [2.75, 3.05) is 32.1 Å². The van der Waals surface area contributed by atoms with Gasteiger partial charge in [-0.15, -0.1) is 11.3 Å². The number of likely N-dealkylation sites (tertiary alicyclic amines) is 1. The van der Waals surface area contributed by atoms with Crippen LogP contribution in [0.2, 0.25) is 5.28 Å². The fraction of sp³-hybridized carbons (Fsp3) is 0.368. The number of piperidine rings is 1. The fourth-order valence-corrected chi connectivity index (χ4v) is 4.71. The van der Waals surface area contributed by atoms with Crippen LogP contribution in [-0.4, -0.2) is 48.1 Å². The first-order valence-corrected chi connectivity index (χ1v) is 9.91. The Bertz CT molecular complexity index is 919. The summed E-state index contributed by atoms with van der Waals surface area (Å²) in [5.41, 5.74) is 1.98. The van der Waals surface area contributed by atoms with E-state index in [1.54, 1.807) is 23.5 Å². The van der Waals surface area contributed by atoms with Crippen molar-refractivity contribution in [3.05, 3.63) is 40.7 Å². The summed E-state index contributed by atoms with van der Waals surface area (Å²) >= 11 is 7.75. The first-order chi connectivity index (χ1) is 12.5. The van der Waals surface area contributed by atoms with E-state index in [9.17, 15) is 4.39 Å². The van der Waals surface area contributed by atoms with Crippen LogP contribution in [0.1, 0.15) is 12.8 Å². The molecule has 136 valence electrons. The molecule has 0 aliphatic carbocycles. The molecule has 26 heavy (non-hydrogen) atoms.